The lowest BCUT2D eigenvalue weighted by atomic mass is 10.2. The second kappa shape index (κ2) is 5.01. The van der Waals surface area contributed by atoms with E-state index in [1.807, 2.05) is 20.8 Å². The molecule has 1 saturated heterocycles. The highest BCUT2D eigenvalue weighted by Gasteiger charge is 2.37. The Balaban J connectivity index is 2.61. The third-order valence-corrected chi connectivity index (χ3v) is 2.55. The third-order valence-electron chi connectivity index (χ3n) is 2.55. The average molecular weight is 231 g/mol. The molecule has 2 atom stereocenters. The molecule has 16 heavy (non-hydrogen) atoms. The molecule has 1 unspecified atom stereocenters. The molecule has 1 rings (SSSR count). The summed E-state index contributed by atoms with van der Waals surface area (Å²) in [5.41, 5.74) is -0.512. The van der Waals surface area contributed by atoms with Crippen LogP contribution in [0, 0.1) is 0 Å². The van der Waals surface area contributed by atoms with Crippen molar-refractivity contribution < 1.29 is 19.4 Å². The number of methoxy groups -OCH3 is 1. The van der Waals surface area contributed by atoms with Crippen LogP contribution in [-0.4, -0.2) is 54.1 Å². The Labute approximate surface area is 96.3 Å². The molecule has 0 bridgehead atoms. The van der Waals surface area contributed by atoms with Crippen LogP contribution in [-0.2, 0) is 9.47 Å². The van der Waals surface area contributed by atoms with E-state index < -0.39 is 5.60 Å². The Kier molecular flexibility index (Phi) is 4.15. The minimum Gasteiger partial charge on any atom is -0.444 e. The number of carbonyl (C=O) groups excluding carboxylic acids is 1. The highest BCUT2D eigenvalue weighted by molar-refractivity contribution is 5.69. The number of hydrogen-bond acceptors (Lipinski definition) is 4. The van der Waals surface area contributed by atoms with Gasteiger partial charge in [-0.15, -0.1) is 0 Å². The molecule has 1 N–H and O–H groups in total. The minimum atomic E-state index is -0.512. The Hall–Kier alpha value is -0.810. The largest absolute Gasteiger partial charge is 0.444 e. The molecule has 94 valence electrons. The van der Waals surface area contributed by atoms with Crippen molar-refractivity contribution in [2.24, 2.45) is 0 Å². The van der Waals surface area contributed by atoms with Crippen LogP contribution in [0.3, 0.4) is 0 Å². The highest BCUT2D eigenvalue weighted by atomic mass is 16.6. The molecule has 0 aliphatic carbocycles. The molecule has 1 heterocycles. The Bertz CT molecular complexity index is 249. The van der Waals surface area contributed by atoms with E-state index >= 15 is 0 Å². The lowest BCUT2D eigenvalue weighted by Crippen LogP contribution is -2.41. The standard InChI is InChI=1S/C11H21NO4/c1-11(2,3)16-10(14)12-6-9(15-4)5-8(12)7-13/h8-9,13H,5-7H2,1-4H3/t8-,9?/m0/s1. The summed E-state index contributed by atoms with van der Waals surface area (Å²) in [5, 5.41) is 9.19. The summed E-state index contributed by atoms with van der Waals surface area (Å²) in [6.45, 7) is 5.89. The fourth-order valence-electron chi connectivity index (χ4n) is 1.76. The van der Waals surface area contributed by atoms with Crippen molar-refractivity contribution in [3.63, 3.8) is 0 Å². The SMILES string of the molecule is COC1C[C@@H](CO)N(C(=O)OC(C)(C)C)C1. The van der Waals surface area contributed by atoms with Crippen molar-refractivity contribution in [1.29, 1.82) is 0 Å². The number of ether oxygens (including phenoxy) is 2. The molecule has 0 spiro atoms. The van der Waals surface area contributed by atoms with E-state index in [0.717, 1.165) is 0 Å². The van der Waals surface area contributed by atoms with Crippen molar-refractivity contribution in [2.75, 3.05) is 20.3 Å². The van der Waals surface area contributed by atoms with Gasteiger partial charge in [-0.25, -0.2) is 4.79 Å². The van der Waals surface area contributed by atoms with E-state index in [1.54, 1.807) is 12.0 Å². The molecule has 5 heteroatoms. The van der Waals surface area contributed by atoms with Gasteiger partial charge in [-0.1, -0.05) is 0 Å². The molecule has 5 nitrogen and oxygen atoms in total. The number of hydrogen-bond donors (Lipinski definition) is 1. The maximum Gasteiger partial charge on any atom is 0.410 e. The second-order valence-electron chi connectivity index (χ2n) is 5.06. The lowest BCUT2D eigenvalue weighted by Gasteiger charge is -2.27. The molecular formula is C11H21NO4. The number of rotatable bonds is 2. The first-order valence-electron chi connectivity index (χ1n) is 5.50. The first kappa shape index (κ1) is 13.3. The van der Waals surface area contributed by atoms with E-state index in [-0.39, 0.29) is 24.8 Å². The predicted octanol–water partition coefficient (Wildman–Crippen LogP) is 1.00. The predicted molar refractivity (Wildman–Crippen MR) is 59.2 cm³/mol. The zero-order valence-electron chi connectivity index (χ0n) is 10.4. The van der Waals surface area contributed by atoms with Crippen LogP contribution in [0.25, 0.3) is 0 Å². The fourth-order valence-corrected chi connectivity index (χ4v) is 1.76. The zero-order valence-corrected chi connectivity index (χ0v) is 10.4. The molecule has 1 fully saturated rings. The van der Waals surface area contributed by atoms with Crippen molar-refractivity contribution in [2.45, 2.75) is 44.9 Å². The Morgan fingerprint density at radius 1 is 1.50 bits per heavy atom. The van der Waals surface area contributed by atoms with Gasteiger partial charge in [-0.05, 0) is 27.2 Å². The smallest absolute Gasteiger partial charge is 0.410 e. The summed E-state index contributed by atoms with van der Waals surface area (Å²) < 4.78 is 10.5. The molecule has 0 saturated carbocycles. The minimum absolute atomic E-state index is 0.00957. The van der Waals surface area contributed by atoms with Gasteiger partial charge in [0.25, 0.3) is 0 Å². The van der Waals surface area contributed by atoms with E-state index in [1.165, 1.54) is 0 Å². The third kappa shape index (κ3) is 3.35. The van der Waals surface area contributed by atoms with E-state index in [4.69, 9.17) is 9.47 Å². The topological polar surface area (TPSA) is 59.0 Å². The van der Waals surface area contributed by atoms with Gasteiger partial charge in [0.15, 0.2) is 0 Å². The number of aliphatic hydroxyl groups is 1. The summed E-state index contributed by atoms with van der Waals surface area (Å²) in [7, 11) is 1.61. The van der Waals surface area contributed by atoms with Crippen LogP contribution >= 0.6 is 0 Å². The van der Waals surface area contributed by atoms with Crippen molar-refractivity contribution in [1.82, 2.24) is 4.90 Å². The number of carbonyl (C=O) groups is 1. The van der Waals surface area contributed by atoms with Crippen LogP contribution in [0.2, 0.25) is 0 Å². The van der Waals surface area contributed by atoms with Gasteiger partial charge in [0, 0.05) is 7.11 Å². The van der Waals surface area contributed by atoms with Crippen LogP contribution in [0.4, 0.5) is 4.79 Å². The quantitative estimate of drug-likeness (QED) is 0.770. The zero-order chi connectivity index (χ0) is 12.3. The maximum absolute atomic E-state index is 11.8. The van der Waals surface area contributed by atoms with Crippen LogP contribution < -0.4 is 0 Å². The van der Waals surface area contributed by atoms with Crippen LogP contribution in [0.15, 0.2) is 0 Å². The number of amides is 1. The van der Waals surface area contributed by atoms with Gasteiger partial charge < -0.3 is 19.5 Å². The van der Waals surface area contributed by atoms with E-state index in [2.05, 4.69) is 0 Å². The van der Waals surface area contributed by atoms with Gasteiger partial charge in [-0.2, -0.15) is 0 Å². The fraction of sp³-hybridized carbons (Fsp3) is 0.909. The maximum atomic E-state index is 11.8. The molecule has 1 aliphatic rings. The normalized spacial score (nSPS) is 25.9. The summed E-state index contributed by atoms with van der Waals surface area (Å²) in [6, 6.07) is -0.195. The van der Waals surface area contributed by atoms with Crippen molar-refractivity contribution in [3.8, 4) is 0 Å². The monoisotopic (exact) mass is 231 g/mol. The molecule has 0 radical (unpaired) electrons. The lowest BCUT2D eigenvalue weighted by molar-refractivity contribution is 0.0154. The second-order valence-corrected chi connectivity index (χ2v) is 5.06. The number of likely N-dealkylation sites (tertiary alicyclic amines) is 1. The van der Waals surface area contributed by atoms with Crippen LogP contribution in [0.5, 0.6) is 0 Å². The molecule has 1 amide bonds. The summed E-state index contributed by atoms with van der Waals surface area (Å²) >= 11 is 0. The molecule has 0 aromatic rings. The number of aliphatic hydroxyl groups excluding tert-OH is 1. The van der Waals surface area contributed by atoms with Gasteiger partial charge in [-0.3, -0.25) is 0 Å². The van der Waals surface area contributed by atoms with Crippen molar-refractivity contribution >= 4 is 6.09 Å². The summed E-state index contributed by atoms with van der Waals surface area (Å²) in [6.07, 6.45) is 0.266. The highest BCUT2D eigenvalue weighted by Crippen LogP contribution is 2.22. The Morgan fingerprint density at radius 3 is 2.56 bits per heavy atom. The number of nitrogens with zero attached hydrogens (tertiary/aromatic N) is 1. The molecule has 0 aromatic carbocycles. The van der Waals surface area contributed by atoms with Gasteiger partial charge in [0.2, 0.25) is 0 Å². The molecule has 1 aliphatic heterocycles. The van der Waals surface area contributed by atoms with Crippen LogP contribution in [0.1, 0.15) is 27.2 Å². The first-order valence-corrected chi connectivity index (χ1v) is 5.50. The van der Waals surface area contributed by atoms with Crippen molar-refractivity contribution in [3.05, 3.63) is 0 Å². The Morgan fingerprint density at radius 2 is 2.12 bits per heavy atom. The molecular weight excluding hydrogens is 210 g/mol. The average Bonchev–Trinajstić information content (AvgIpc) is 2.58. The van der Waals surface area contributed by atoms with Gasteiger partial charge >= 0.3 is 6.09 Å². The van der Waals surface area contributed by atoms with Gasteiger partial charge in [0.05, 0.1) is 25.3 Å². The molecule has 0 aromatic heterocycles. The van der Waals surface area contributed by atoms with E-state index in [9.17, 15) is 9.90 Å². The summed E-state index contributed by atoms with van der Waals surface area (Å²) in [5.74, 6) is 0. The first-order chi connectivity index (χ1) is 7.37. The van der Waals surface area contributed by atoms with Gasteiger partial charge in [0.1, 0.15) is 5.60 Å². The van der Waals surface area contributed by atoms with E-state index in [0.29, 0.717) is 13.0 Å². The summed E-state index contributed by atoms with van der Waals surface area (Å²) in [4.78, 5) is 13.4.